The molecule has 0 radical (unpaired) electrons. The predicted molar refractivity (Wildman–Crippen MR) is 98.5 cm³/mol. The van der Waals surface area contributed by atoms with Crippen molar-refractivity contribution in [2.45, 2.75) is 77.2 Å². The van der Waals surface area contributed by atoms with E-state index in [0.29, 0.717) is 0 Å². The van der Waals surface area contributed by atoms with E-state index in [1.807, 2.05) is 6.08 Å². The number of carboxylic acid groups (broad SMARTS) is 1. The Morgan fingerprint density at radius 3 is 2.62 bits per heavy atom. The van der Waals surface area contributed by atoms with Crippen LogP contribution in [0.3, 0.4) is 0 Å². The molecule has 1 aliphatic rings. The van der Waals surface area contributed by atoms with Gasteiger partial charge in [-0.15, -0.1) is 0 Å². The van der Waals surface area contributed by atoms with Crippen LogP contribution in [0.5, 0.6) is 0 Å². The van der Waals surface area contributed by atoms with Gasteiger partial charge in [-0.25, -0.2) is 0 Å². The second-order valence-electron chi connectivity index (χ2n) is 6.69. The number of allylic oxidation sites excluding steroid dienone is 4. The van der Waals surface area contributed by atoms with Crippen molar-refractivity contribution in [3.05, 3.63) is 24.3 Å². The normalized spacial score (nSPS) is 20.9. The Bertz CT molecular complexity index is 467. The first-order valence-corrected chi connectivity index (χ1v) is 9.34. The first-order valence-electron chi connectivity index (χ1n) is 9.34. The molecule has 2 N–H and O–H groups in total. The Balaban J connectivity index is 2.03. The van der Waals surface area contributed by atoms with Crippen LogP contribution in [-0.2, 0) is 4.79 Å². The Morgan fingerprint density at radius 1 is 1.17 bits per heavy atom. The molecule has 0 saturated heterocycles. The average molecular weight is 332 g/mol. The van der Waals surface area contributed by atoms with E-state index < -0.39 is 12.1 Å². The number of hydrogen-bond acceptors (Lipinski definition) is 2. The maximum absolute atomic E-state index is 10.4. The van der Waals surface area contributed by atoms with E-state index in [1.165, 1.54) is 12.8 Å². The molecular formula is C21H32O3. The lowest BCUT2D eigenvalue weighted by Crippen LogP contribution is -2.01. The molecule has 0 spiro atoms. The molecule has 0 amide bonds. The number of carbonyl (C=O) groups is 1. The van der Waals surface area contributed by atoms with Gasteiger partial charge in [-0.2, -0.15) is 0 Å². The minimum Gasteiger partial charge on any atom is -0.481 e. The Labute approximate surface area is 146 Å². The van der Waals surface area contributed by atoms with Crippen LogP contribution in [-0.4, -0.2) is 22.3 Å². The zero-order chi connectivity index (χ0) is 17.6. The van der Waals surface area contributed by atoms with Crippen LogP contribution >= 0.6 is 0 Å². The summed E-state index contributed by atoms with van der Waals surface area (Å²) >= 11 is 0. The summed E-state index contributed by atoms with van der Waals surface area (Å²) in [5.41, 5.74) is 0. The second-order valence-corrected chi connectivity index (χ2v) is 6.69. The summed E-state index contributed by atoms with van der Waals surface area (Å²) in [6.45, 7) is 2.15. The molecule has 1 unspecified atom stereocenters. The third-order valence-electron chi connectivity index (χ3n) is 4.41. The van der Waals surface area contributed by atoms with Gasteiger partial charge in [0.15, 0.2) is 0 Å². The smallest absolute Gasteiger partial charge is 0.303 e. The van der Waals surface area contributed by atoms with Crippen molar-refractivity contribution >= 4 is 5.97 Å². The molecule has 0 aromatic rings. The maximum Gasteiger partial charge on any atom is 0.303 e. The largest absolute Gasteiger partial charge is 0.481 e. The Morgan fingerprint density at radius 2 is 1.92 bits per heavy atom. The third kappa shape index (κ3) is 11.1. The first kappa shape index (κ1) is 20.5. The van der Waals surface area contributed by atoms with Crippen LogP contribution in [0.1, 0.15) is 71.1 Å². The van der Waals surface area contributed by atoms with Crippen molar-refractivity contribution in [2.75, 3.05) is 0 Å². The highest BCUT2D eigenvalue weighted by Gasteiger charge is 2.34. The summed E-state index contributed by atoms with van der Waals surface area (Å²) in [5, 5.41) is 18.2. The molecule has 134 valence electrons. The number of aliphatic hydroxyl groups is 1. The van der Waals surface area contributed by atoms with E-state index in [4.69, 9.17) is 5.11 Å². The number of aliphatic carboxylic acids is 1. The van der Waals surface area contributed by atoms with Crippen LogP contribution in [0, 0.1) is 23.7 Å². The summed E-state index contributed by atoms with van der Waals surface area (Å²) in [7, 11) is 0. The van der Waals surface area contributed by atoms with Gasteiger partial charge >= 0.3 is 5.97 Å². The van der Waals surface area contributed by atoms with Gasteiger partial charge in [0.2, 0.25) is 0 Å². The van der Waals surface area contributed by atoms with E-state index in [0.717, 1.165) is 56.8 Å². The SMILES string of the molecule is CCCCCC(O)C#C/C=C\C[C@H]1C[C@H]1C/C=C\CCCC(=O)O. The van der Waals surface area contributed by atoms with Gasteiger partial charge in [-0.3, -0.25) is 4.79 Å². The molecule has 0 aromatic carbocycles. The van der Waals surface area contributed by atoms with Gasteiger partial charge in [-0.1, -0.05) is 49.8 Å². The maximum atomic E-state index is 10.4. The van der Waals surface area contributed by atoms with E-state index in [2.05, 4.69) is 37.0 Å². The third-order valence-corrected chi connectivity index (χ3v) is 4.41. The molecule has 0 heterocycles. The molecule has 3 atom stereocenters. The van der Waals surface area contributed by atoms with Crippen molar-refractivity contribution in [2.24, 2.45) is 11.8 Å². The fraction of sp³-hybridized carbons (Fsp3) is 0.667. The van der Waals surface area contributed by atoms with Gasteiger partial charge in [0.05, 0.1) is 0 Å². The molecular weight excluding hydrogens is 300 g/mol. The van der Waals surface area contributed by atoms with Crippen LogP contribution < -0.4 is 0 Å². The van der Waals surface area contributed by atoms with Crippen molar-refractivity contribution < 1.29 is 15.0 Å². The molecule has 1 saturated carbocycles. The lowest BCUT2D eigenvalue weighted by molar-refractivity contribution is -0.137. The van der Waals surface area contributed by atoms with E-state index in [1.54, 1.807) is 0 Å². The zero-order valence-corrected chi connectivity index (χ0v) is 14.9. The van der Waals surface area contributed by atoms with Crippen LogP contribution in [0.15, 0.2) is 24.3 Å². The summed E-state index contributed by atoms with van der Waals surface area (Å²) in [5.74, 6) is 6.64. The molecule has 3 nitrogen and oxygen atoms in total. The van der Waals surface area contributed by atoms with Crippen molar-refractivity contribution in [1.29, 1.82) is 0 Å². The first-order chi connectivity index (χ1) is 11.6. The van der Waals surface area contributed by atoms with Gasteiger partial charge < -0.3 is 10.2 Å². The Kier molecular flexibility index (Phi) is 11.0. The monoisotopic (exact) mass is 332 g/mol. The summed E-state index contributed by atoms with van der Waals surface area (Å²) in [6.07, 6.45) is 17.3. The second kappa shape index (κ2) is 12.8. The van der Waals surface area contributed by atoms with E-state index >= 15 is 0 Å². The van der Waals surface area contributed by atoms with Gasteiger partial charge in [0.25, 0.3) is 0 Å². The number of aliphatic hydroxyl groups excluding tert-OH is 1. The quantitative estimate of drug-likeness (QED) is 0.309. The molecule has 0 bridgehead atoms. The van der Waals surface area contributed by atoms with E-state index in [-0.39, 0.29) is 6.42 Å². The van der Waals surface area contributed by atoms with Gasteiger partial charge in [0, 0.05) is 6.42 Å². The van der Waals surface area contributed by atoms with Crippen molar-refractivity contribution in [1.82, 2.24) is 0 Å². The number of carboxylic acids is 1. The standard InChI is InChI=1S/C21H32O3/c1-2-3-7-14-20(22)15-10-6-9-13-19-17-18(19)12-8-4-5-11-16-21(23)24/h4,6,8-9,18-20,22H,2-3,5,7,11-14,16-17H2,1H3,(H,23,24)/b8-4-,9-6-/t18-,19+,20?/m1/s1. The number of rotatable bonds is 12. The molecule has 3 heteroatoms. The lowest BCUT2D eigenvalue weighted by atomic mass is 10.1. The van der Waals surface area contributed by atoms with Gasteiger partial charge in [0.1, 0.15) is 6.10 Å². The van der Waals surface area contributed by atoms with Crippen molar-refractivity contribution in [3.8, 4) is 11.8 Å². The molecule has 1 fully saturated rings. The molecule has 1 aliphatic carbocycles. The Hall–Kier alpha value is -1.53. The summed E-state index contributed by atoms with van der Waals surface area (Å²) in [4.78, 5) is 10.4. The minimum atomic E-state index is -0.714. The van der Waals surface area contributed by atoms with E-state index in [9.17, 15) is 9.90 Å². The predicted octanol–water partition coefficient (Wildman–Crippen LogP) is 4.71. The topological polar surface area (TPSA) is 57.5 Å². The zero-order valence-electron chi connectivity index (χ0n) is 14.9. The van der Waals surface area contributed by atoms with Crippen LogP contribution in [0.2, 0.25) is 0 Å². The fourth-order valence-corrected chi connectivity index (χ4v) is 2.75. The highest BCUT2D eigenvalue weighted by atomic mass is 16.4. The average Bonchev–Trinajstić information content (AvgIpc) is 3.29. The van der Waals surface area contributed by atoms with Gasteiger partial charge in [-0.05, 0) is 62.9 Å². The molecule has 0 aliphatic heterocycles. The lowest BCUT2D eigenvalue weighted by Gasteiger charge is -2.00. The highest BCUT2D eigenvalue weighted by Crippen LogP contribution is 2.44. The molecule has 0 aromatic heterocycles. The highest BCUT2D eigenvalue weighted by molar-refractivity contribution is 5.66. The number of unbranched alkanes of at least 4 members (excludes halogenated alkanes) is 3. The van der Waals surface area contributed by atoms with Crippen LogP contribution in [0.25, 0.3) is 0 Å². The fourth-order valence-electron chi connectivity index (χ4n) is 2.75. The summed E-state index contributed by atoms with van der Waals surface area (Å²) < 4.78 is 0. The minimum absolute atomic E-state index is 0.259. The van der Waals surface area contributed by atoms with Crippen LogP contribution in [0.4, 0.5) is 0 Å². The summed E-state index contributed by atoms with van der Waals surface area (Å²) in [6, 6.07) is 0. The molecule has 24 heavy (non-hydrogen) atoms. The molecule has 1 rings (SSSR count). The number of hydrogen-bond donors (Lipinski definition) is 2. The van der Waals surface area contributed by atoms with Crippen molar-refractivity contribution in [3.63, 3.8) is 0 Å².